The molecule has 150 valence electrons. The Morgan fingerprint density at radius 1 is 1.14 bits per heavy atom. The van der Waals surface area contributed by atoms with Gasteiger partial charge in [-0.2, -0.15) is 18.3 Å². The van der Waals surface area contributed by atoms with Gasteiger partial charge in [0.05, 0.1) is 16.8 Å². The van der Waals surface area contributed by atoms with E-state index in [1.807, 2.05) is 0 Å². The third-order valence-electron chi connectivity index (χ3n) is 4.05. The molecule has 1 N–H and O–H groups in total. The highest BCUT2D eigenvalue weighted by Gasteiger charge is 2.31. The maximum Gasteiger partial charge on any atom is 0.416 e. The van der Waals surface area contributed by atoms with Crippen molar-refractivity contribution in [2.45, 2.75) is 33.1 Å². The van der Waals surface area contributed by atoms with E-state index in [4.69, 9.17) is 4.74 Å². The first-order valence-corrected chi connectivity index (χ1v) is 8.15. The summed E-state index contributed by atoms with van der Waals surface area (Å²) in [5.41, 5.74) is 0.150. The highest BCUT2D eigenvalue weighted by molar-refractivity contribution is 6.41. The van der Waals surface area contributed by atoms with Gasteiger partial charge in [0.15, 0.2) is 6.10 Å². The Morgan fingerprint density at radius 3 is 2.18 bits per heavy atom. The summed E-state index contributed by atoms with van der Waals surface area (Å²) in [7, 11) is 1.62. The largest absolute Gasteiger partial charge is 0.447 e. The first-order chi connectivity index (χ1) is 12.9. The molecule has 0 saturated heterocycles. The van der Waals surface area contributed by atoms with Crippen molar-refractivity contribution in [1.29, 1.82) is 0 Å². The van der Waals surface area contributed by atoms with Crippen molar-refractivity contribution in [3.63, 3.8) is 0 Å². The van der Waals surface area contributed by atoms with Gasteiger partial charge in [0, 0.05) is 18.4 Å². The van der Waals surface area contributed by atoms with E-state index in [0.717, 1.165) is 24.3 Å². The summed E-state index contributed by atoms with van der Waals surface area (Å²) in [6.07, 6.45) is -5.83. The quantitative estimate of drug-likeness (QED) is 0.476. The van der Waals surface area contributed by atoms with E-state index in [2.05, 4.69) is 10.4 Å². The van der Waals surface area contributed by atoms with Gasteiger partial charge in [-0.1, -0.05) is 0 Å². The Bertz CT molecular complexity index is 917. The third kappa shape index (κ3) is 4.56. The van der Waals surface area contributed by atoms with Crippen LogP contribution in [0.2, 0.25) is 0 Å². The fraction of sp³-hybridized carbons (Fsp3) is 0.333. The van der Waals surface area contributed by atoms with Crippen LogP contribution in [-0.2, 0) is 27.5 Å². The number of halogens is 3. The average Bonchev–Trinajstić information content (AvgIpc) is 2.85. The zero-order valence-corrected chi connectivity index (χ0v) is 15.5. The van der Waals surface area contributed by atoms with Gasteiger partial charge < -0.3 is 10.1 Å². The molecule has 1 aromatic heterocycles. The summed E-state index contributed by atoms with van der Waals surface area (Å²) >= 11 is 0. The number of Topliss-reactive ketones (excluding diaryl/α,β-unsaturated/α-hetero) is 1. The molecule has 1 amide bonds. The Morgan fingerprint density at radius 2 is 1.71 bits per heavy atom. The number of nitrogens with zero attached hydrogens (tertiary/aromatic N) is 2. The van der Waals surface area contributed by atoms with Gasteiger partial charge in [0.2, 0.25) is 0 Å². The average molecular weight is 397 g/mol. The van der Waals surface area contributed by atoms with Crippen molar-refractivity contribution in [3.8, 4) is 0 Å². The number of ether oxygens (including phenoxy) is 1. The normalized spacial score (nSPS) is 12.4. The van der Waals surface area contributed by atoms with Gasteiger partial charge >= 0.3 is 12.1 Å². The number of carbonyl (C=O) groups excluding carboxylic acids is 3. The molecule has 1 atom stereocenters. The standard InChI is InChI=1S/C18H18F3N3O4/c1-9-14(10(2)24(4)23-9)15(25)17(27)28-11(3)16(26)22-13-7-5-12(6-8-13)18(19,20)21/h5-8,11H,1-4H3,(H,22,26). The van der Waals surface area contributed by atoms with E-state index in [9.17, 15) is 27.6 Å². The number of hydrogen-bond acceptors (Lipinski definition) is 5. The molecule has 1 aromatic carbocycles. The Kier molecular flexibility index (Phi) is 5.91. The van der Waals surface area contributed by atoms with E-state index < -0.39 is 35.5 Å². The molecule has 0 radical (unpaired) electrons. The fourth-order valence-corrected chi connectivity index (χ4v) is 2.46. The summed E-state index contributed by atoms with van der Waals surface area (Å²) in [6, 6.07) is 3.76. The zero-order chi connectivity index (χ0) is 21.2. The number of amides is 1. The minimum Gasteiger partial charge on any atom is -0.447 e. The maximum absolute atomic E-state index is 12.5. The number of ketones is 1. The third-order valence-corrected chi connectivity index (χ3v) is 4.05. The molecule has 28 heavy (non-hydrogen) atoms. The molecule has 2 aromatic rings. The summed E-state index contributed by atoms with van der Waals surface area (Å²) < 4.78 is 44.0. The molecule has 0 spiro atoms. The lowest BCUT2D eigenvalue weighted by Crippen LogP contribution is -2.32. The summed E-state index contributed by atoms with van der Waals surface area (Å²) in [6.45, 7) is 4.42. The van der Waals surface area contributed by atoms with Crippen LogP contribution >= 0.6 is 0 Å². The van der Waals surface area contributed by atoms with Crippen molar-refractivity contribution in [2.24, 2.45) is 7.05 Å². The minimum atomic E-state index is -4.49. The van der Waals surface area contributed by atoms with E-state index in [0.29, 0.717) is 11.4 Å². The Balaban J connectivity index is 2.01. The molecular formula is C18H18F3N3O4. The van der Waals surface area contributed by atoms with Gasteiger partial charge in [-0.25, -0.2) is 4.79 Å². The van der Waals surface area contributed by atoms with Crippen LogP contribution in [0.1, 0.15) is 34.2 Å². The van der Waals surface area contributed by atoms with E-state index in [-0.39, 0.29) is 11.3 Å². The van der Waals surface area contributed by atoms with Crippen LogP contribution in [0, 0.1) is 13.8 Å². The predicted molar refractivity (Wildman–Crippen MR) is 92.6 cm³/mol. The molecule has 2 rings (SSSR count). The van der Waals surface area contributed by atoms with Crippen LogP contribution in [0.4, 0.5) is 18.9 Å². The molecule has 7 nitrogen and oxygen atoms in total. The summed E-state index contributed by atoms with van der Waals surface area (Å²) in [5.74, 6) is -2.95. The monoisotopic (exact) mass is 397 g/mol. The van der Waals surface area contributed by atoms with Crippen LogP contribution < -0.4 is 5.32 Å². The van der Waals surface area contributed by atoms with Crippen LogP contribution in [0.15, 0.2) is 24.3 Å². The lowest BCUT2D eigenvalue weighted by atomic mass is 10.1. The summed E-state index contributed by atoms with van der Waals surface area (Å²) in [4.78, 5) is 36.4. The topological polar surface area (TPSA) is 90.3 Å². The van der Waals surface area contributed by atoms with Crippen LogP contribution in [0.5, 0.6) is 0 Å². The highest BCUT2D eigenvalue weighted by Crippen LogP contribution is 2.29. The first kappa shape index (κ1) is 21.1. The van der Waals surface area contributed by atoms with E-state index in [1.165, 1.54) is 11.6 Å². The molecule has 0 aliphatic rings. The number of anilines is 1. The number of hydrogen-bond donors (Lipinski definition) is 1. The number of nitrogens with one attached hydrogen (secondary N) is 1. The molecule has 10 heteroatoms. The van der Waals surface area contributed by atoms with Crippen molar-refractivity contribution < 1.29 is 32.3 Å². The van der Waals surface area contributed by atoms with Gasteiger partial charge in [0.1, 0.15) is 0 Å². The van der Waals surface area contributed by atoms with Gasteiger partial charge in [-0.3, -0.25) is 14.3 Å². The van der Waals surface area contributed by atoms with Crippen LogP contribution in [0.25, 0.3) is 0 Å². The Labute approximate surface area is 158 Å². The van der Waals surface area contributed by atoms with Crippen molar-refractivity contribution in [2.75, 3.05) is 5.32 Å². The summed E-state index contributed by atoms with van der Waals surface area (Å²) in [5, 5.41) is 6.36. The lowest BCUT2D eigenvalue weighted by Gasteiger charge is -2.14. The van der Waals surface area contributed by atoms with Gasteiger partial charge in [-0.15, -0.1) is 0 Å². The molecule has 1 unspecified atom stereocenters. The van der Waals surface area contributed by atoms with Gasteiger partial charge in [-0.05, 0) is 45.0 Å². The van der Waals surface area contributed by atoms with Crippen molar-refractivity contribution in [3.05, 3.63) is 46.8 Å². The van der Waals surface area contributed by atoms with Crippen LogP contribution in [-0.4, -0.2) is 33.5 Å². The molecule has 0 bridgehead atoms. The molecule has 0 saturated carbocycles. The SMILES string of the molecule is Cc1nn(C)c(C)c1C(=O)C(=O)OC(C)C(=O)Nc1ccc(C(F)(F)F)cc1. The van der Waals surface area contributed by atoms with E-state index in [1.54, 1.807) is 20.9 Å². The lowest BCUT2D eigenvalue weighted by molar-refractivity contribution is -0.148. The number of esters is 1. The molecule has 0 aliphatic carbocycles. The first-order valence-electron chi connectivity index (χ1n) is 8.15. The highest BCUT2D eigenvalue weighted by atomic mass is 19.4. The number of benzene rings is 1. The molecule has 1 heterocycles. The number of rotatable bonds is 5. The number of aryl methyl sites for hydroxylation is 2. The number of aromatic nitrogens is 2. The second kappa shape index (κ2) is 7.83. The fourth-order valence-electron chi connectivity index (χ4n) is 2.46. The Hall–Kier alpha value is -3.17. The number of carbonyl (C=O) groups is 3. The van der Waals surface area contributed by atoms with E-state index >= 15 is 0 Å². The molecular weight excluding hydrogens is 379 g/mol. The molecule has 0 fully saturated rings. The minimum absolute atomic E-state index is 0.0890. The van der Waals surface area contributed by atoms with Crippen molar-refractivity contribution in [1.82, 2.24) is 9.78 Å². The van der Waals surface area contributed by atoms with Crippen LogP contribution in [0.3, 0.4) is 0 Å². The zero-order valence-electron chi connectivity index (χ0n) is 15.5. The molecule has 0 aliphatic heterocycles. The second-order valence-corrected chi connectivity index (χ2v) is 6.11. The number of alkyl halides is 3. The predicted octanol–water partition coefficient (Wildman–Crippen LogP) is 2.81. The second-order valence-electron chi connectivity index (χ2n) is 6.11. The van der Waals surface area contributed by atoms with Crippen molar-refractivity contribution >= 4 is 23.3 Å². The van der Waals surface area contributed by atoms with Gasteiger partial charge in [0.25, 0.3) is 11.7 Å². The smallest absolute Gasteiger partial charge is 0.416 e. The maximum atomic E-state index is 12.5.